The van der Waals surface area contributed by atoms with Crippen LogP contribution in [-0.4, -0.2) is 6.17 Å². The summed E-state index contributed by atoms with van der Waals surface area (Å²) in [7, 11) is 0. The third-order valence-electron chi connectivity index (χ3n) is 3.15. The minimum atomic E-state index is -0.726. The van der Waals surface area contributed by atoms with Gasteiger partial charge in [-0.05, 0) is 40.9 Å². The summed E-state index contributed by atoms with van der Waals surface area (Å²) in [6, 6.07) is 1.85. The van der Waals surface area contributed by atoms with Crippen molar-refractivity contribution in [2.75, 3.05) is 0 Å². The van der Waals surface area contributed by atoms with Gasteiger partial charge in [0.05, 0.1) is 3.79 Å². The van der Waals surface area contributed by atoms with Gasteiger partial charge in [-0.15, -0.1) is 11.3 Å². The average molecular weight is 278 g/mol. The Hall–Kier alpha value is 0.0700. The fourth-order valence-corrected chi connectivity index (χ4v) is 3.53. The van der Waals surface area contributed by atoms with Crippen molar-refractivity contribution in [1.29, 1.82) is 0 Å². The van der Waals surface area contributed by atoms with Crippen molar-refractivity contribution in [2.45, 2.75) is 32.5 Å². The summed E-state index contributed by atoms with van der Waals surface area (Å²) in [6.07, 6.45) is -0.128. The van der Waals surface area contributed by atoms with Gasteiger partial charge < -0.3 is 5.73 Å². The zero-order valence-electron chi connectivity index (χ0n) is 8.18. The third kappa shape index (κ3) is 1.53. The molecule has 0 aliphatic heterocycles. The summed E-state index contributed by atoms with van der Waals surface area (Å²) in [5, 5.41) is 0. The van der Waals surface area contributed by atoms with Crippen LogP contribution in [0.15, 0.2) is 9.85 Å². The van der Waals surface area contributed by atoms with E-state index >= 15 is 0 Å². The highest BCUT2D eigenvalue weighted by Crippen LogP contribution is 2.56. The zero-order chi connectivity index (χ0) is 10.5. The molecule has 3 unspecified atom stereocenters. The molecule has 0 bridgehead atoms. The highest BCUT2D eigenvalue weighted by molar-refractivity contribution is 9.11. The Bertz CT molecular complexity index is 365. The van der Waals surface area contributed by atoms with Crippen LogP contribution < -0.4 is 5.73 Å². The molecule has 4 heteroatoms. The first-order valence-electron chi connectivity index (χ1n) is 4.60. The normalized spacial score (nSPS) is 33.1. The lowest BCUT2D eigenvalue weighted by molar-refractivity contribution is 0.332. The van der Waals surface area contributed by atoms with Gasteiger partial charge in [-0.2, -0.15) is 0 Å². The van der Waals surface area contributed by atoms with E-state index in [1.54, 1.807) is 11.3 Å². The van der Waals surface area contributed by atoms with E-state index in [9.17, 15) is 4.39 Å². The van der Waals surface area contributed by atoms with Crippen LogP contribution in [0.25, 0.3) is 0 Å². The molecule has 1 heterocycles. The fraction of sp³-hybridized carbons (Fsp3) is 0.600. The zero-order valence-corrected chi connectivity index (χ0v) is 10.6. The van der Waals surface area contributed by atoms with E-state index in [1.807, 2.05) is 19.9 Å². The molecule has 0 amide bonds. The molecule has 0 aromatic carbocycles. The highest BCUT2D eigenvalue weighted by Gasteiger charge is 2.55. The van der Waals surface area contributed by atoms with Gasteiger partial charge in [-0.25, -0.2) is 4.39 Å². The van der Waals surface area contributed by atoms with Gasteiger partial charge in [0.15, 0.2) is 0 Å². The van der Waals surface area contributed by atoms with Crippen LogP contribution in [0.4, 0.5) is 4.39 Å². The largest absolute Gasteiger partial charge is 0.323 e. The lowest BCUT2D eigenvalue weighted by Crippen LogP contribution is -2.22. The SMILES string of the molecule is Cc1sc(Br)cc1C(N)C1(C)CC1F. The molecule has 1 aliphatic carbocycles. The van der Waals surface area contributed by atoms with Gasteiger partial charge in [-0.1, -0.05) is 6.92 Å². The molecule has 1 saturated carbocycles. The van der Waals surface area contributed by atoms with Crippen molar-refractivity contribution in [2.24, 2.45) is 11.1 Å². The smallest absolute Gasteiger partial charge is 0.108 e. The molecule has 78 valence electrons. The second-order valence-electron chi connectivity index (χ2n) is 4.22. The molecule has 0 radical (unpaired) electrons. The van der Waals surface area contributed by atoms with Crippen LogP contribution in [0.3, 0.4) is 0 Å². The van der Waals surface area contributed by atoms with Gasteiger partial charge in [0.25, 0.3) is 0 Å². The molecule has 1 nitrogen and oxygen atoms in total. The summed E-state index contributed by atoms with van der Waals surface area (Å²) in [4.78, 5) is 1.18. The van der Waals surface area contributed by atoms with Crippen molar-refractivity contribution in [3.63, 3.8) is 0 Å². The second-order valence-corrected chi connectivity index (χ2v) is 6.85. The first-order chi connectivity index (χ1) is 6.45. The minimum Gasteiger partial charge on any atom is -0.323 e. The quantitative estimate of drug-likeness (QED) is 0.879. The molecule has 0 saturated heterocycles. The lowest BCUT2D eigenvalue weighted by Gasteiger charge is -2.18. The number of halogens is 2. The fourth-order valence-electron chi connectivity index (χ4n) is 1.77. The predicted octanol–water partition coefficient (Wildman–Crippen LogP) is 3.57. The van der Waals surface area contributed by atoms with Gasteiger partial charge >= 0.3 is 0 Å². The predicted molar refractivity (Wildman–Crippen MR) is 61.3 cm³/mol. The number of thiophene rings is 1. The third-order valence-corrected chi connectivity index (χ3v) is 4.72. The first-order valence-corrected chi connectivity index (χ1v) is 6.21. The van der Waals surface area contributed by atoms with E-state index in [1.165, 1.54) is 4.88 Å². The van der Waals surface area contributed by atoms with Crippen LogP contribution in [0.2, 0.25) is 0 Å². The average Bonchev–Trinajstić information content (AvgIpc) is 2.54. The molecule has 1 fully saturated rings. The minimum absolute atomic E-state index is 0.167. The molecular formula is C10H13BrFNS. The van der Waals surface area contributed by atoms with Crippen molar-refractivity contribution in [3.05, 3.63) is 20.3 Å². The van der Waals surface area contributed by atoms with Crippen molar-refractivity contribution in [1.82, 2.24) is 0 Å². The summed E-state index contributed by atoms with van der Waals surface area (Å²) < 4.78 is 14.2. The van der Waals surface area contributed by atoms with E-state index in [0.29, 0.717) is 6.42 Å². The van der Waals surface area contributed by atoms with Gasteiger partial charge in [-0.3, -0.25) is 0 Å². The molecule has 1 aliphatic rings. The molecule has 1 aromatic rings. The molecular weight excluding hydrogens is 265 g/mol. The molecule has 2 rings (SSSR count). The van der Waals surface area contributed by atoms with E-state index < -0.39 is 6.17 Å². The van der Waals surface area contributed by atoms with Crippen LogP contribution in [-0.2, 0) is 0 Å². The van der Waals surface area contributed by atoms with Gasteiger partial charge in [0.2, 0.25) is 0 Å². The summed E-state index contributed by atoms with van der Waals surface area (Å²) in [5.74, 6) is 0. The Kier molecular flexibility index (Phi) is 2.48. The van der Waals surface area contributed by atoms with Crippen molar-refractivity contribution < 1.29 is 4.39 Å². The lowest BCUT2D eigenvalue weighted by atomic mass is 9.93. The van der Waals surface area contributed by atoms with Crippen LogP contribution in [0, 0.1) is 12.3 Å². The van der Waals surface area contributed by atoms with Crippen LogP contribution in [0.5, 0.6) is 0 Å². The molecule has 3 atom stereocenters. The number of hydrogen-bond donors (Lipinski definition) is 1. The highest BCUT2D eigenvalue weighted by atomic mass is 79.9. The number of alkyl halides is 1. The number of hydrogen-bond acceptors (Lipinski definition) is 2. The number of aryl methyl sites for hydroxylation is 1. The topological polar surface area (TPSA) is 26.0 Å². The Balaban J connectivity index is 2.27. The number of rotatable bonds is 2. The monoisotopic (exact) mass is 277 g/mol. The maximum atomic E-state index is 13.1. The molecule has 0 spiro atoms. The first kappa shape index (κ1) is 10.6. The van der Waals surface area contributed by atoms with Gasteiger partial charge in [0.1, 0.15) is 6.17 Å². The molecule has 2 N–H and O–H groups in total. The Morgan fingerprint density at radius 1 is 1.79 bits per heavy atom. The maximum Gasteiger partial charge on any atom is 0.108 e. The Labute approximate surface area is 95.6 Å². The Morgan fingerprint density at radius 3 is 2.71 bits per heavy atom. The summed E-state index contributed by atoms with van der Waals surface area (Å²) >= 11 is 5.08. The van der Waals surface area contributed by atoms with E-state index in [2.05, 4.69) is 15.9 Å². The van der Waals surface area contributed by atoms with E-state index in [-0.39, 0.29) is 11.5 Å². The van der Waals surface area contributed by atoms with Crippen molar-refractivity contribution in [3.8, 4) is 0 Å². The van der Waals surface area contributed by atoms with Crippen molar-refractivity contribution >= 4 is 27.3 Å². The standard InChI is InChI=1S/C10H13BrFNS/c1-5-6(3-8(11)14-5)9(13)10(2)4-7(10)12/h3,7,9H,4,13H2,1-2H3. The Morgan fingerprint density at radius 2 is 2.36 bits per heavy atom. The maximum absolute atomic E-state index is 13.1. The van der Waals surface area contributed by atoms with Crippen LogP contribution in [0.1, 0.15) is 29.8 Å². The molecule has 14 heavy (non-hydrogen) atoms. The van der Waals surface area contributed by atoms with E-state index in [4.69, 9.17) is 5.73 Å². The second kappa shape index (κ2) is 3.29. The van der Waals surface area contributed by atoms with E-state index in [0.717, 1.165) is 9.35 Å². The summed E-state index contributed by atoms with van der Waals surface area (Å²) in [6.45, 7) is 3.96. The number of nitrogens with two attached hydrogens (primary N) is 1. The van der Waals surface area contributed by atoms with Crippen LogP contribution >= 0.6 is 27.3 Å². The molecule has 1 aromatic heterocycles. The van der Waals surface area contributed by atoms with Gasteiger partial charge in [0, 0.05) is 16.3 Å². The summed E-state index contributed by atoms with van der Waals surface area (Å²) in [5.41, 5.74) is 6.84.